The van der Waals surface area contributed by atoms with Gasteiger partial charge in [0.05, 0.1) is 12.3 Å². The van der Waals surface area contributed by atoms with Gasteiger partial charge in [-0.25, -0.2) is 13.9 Å². The molecule has 6 nitrogen and oxygen atoms in total. The van der Waals surface area contributed by atoms with Gasteiger partial charge in [0, 0.05) is 23.5 Å². The predicted molar refractivity (Wildman–Crippen MR) is 104 cm³/mol. The van der Waals surface area contributed by atoms with Crippen molar-refractivity contribution in [1.82, 2.24) is 14.6 Å². The molecule has 0 aliphatic heterocycles. The van der Waals surface area contributed by atoms with E-state index in [4.69, 9.17) is 4.74 Å². The van der Waals surface area contributed by atoms with E-state index in [1.54, 1.807) is 59.2 Å². The first-order chi connectivity index (χ1) is 13.6. The monoisotopic (exact) mass is 376 g/mol. The molecule has 140 valence electrons. The van der Waals surface area contributed by atoms with E-state index < -0.39 is 0 Å². The summed E-state index contributed by atoms with van der Waals surface area (Å²) in [5.41, 5.74) is 2.88. The van der Waals surface area contributed by atoms with Gasteiger partial charge < -0.3 is 10.1 Å². The molecule has 2 heterocycles. The smallest absolute Gasteiger partial charge is 0.276 e. The molecule has 0 fully saturated rings. The summed E-state index contributed by atoms with van der Waals surface area (Å²) >= 11 is 0. The highest BCUT2D eigenvalue weighted by Gasteiger charge is 2.14. The van der Waals surface area contributed by atoms with Crippen molar-refractivity contribution in [3.63, 3.8) is 0 Å². The lowest BCUT2D eigenvalue weighted by molar-refractivity contribution is 0.102. The Kier molecular flexibility index (Phi) is 4.72. The predicted octanol–water partition coefficient (Wildman–Crippen LogP) is 4.19. The van der Waals surface area contributed by atoms with Crippen molar-refractivity contribution in [1.29, 1.82) is 0 Å². The van der Waals surface area contributed by atoms with Gasteiger partial charge in [0.15, 0.2) is 11.3 Å². The molecule has 1 amide bonds. The van der Waals surface area contributed by atoms with E-state index in [1.807, 2.05) is 6.92 Å². The van der Waals surface area contributed by atoms with Crippen molar-refractivity contribution in [2.45, 2.75) is 6.92 Å². The van der Waals surface area contributed by atoms with Crippen molar-refractivity contribution in [2.75, 3.05) is 11.9 Å². The standard InChI is InChI=1S/C21H17FN4O2/c1-2-28-17-9-7-16(8-10-17)24-21(27)18-13-20-23-12-11-19(26(20)25-18)14-3-5-15(22)6-4-14/h3-13H,2H2,1H3,(H,24,27). The van der Waals surface area contributed by atoms with Crippen LogP contribution < -0.4 is 10.1 Å². The first kappa shape index (κ1) is 17.7. The van der Waals surface area contributed by atoms with E-state index >= 15 is 0 Å². The van der Waals surface area contributed by atoms with E-state index in [-0.39, 0.29) is 17.4 Å². The fourth-order valence-electron chi connectivity index (χ4n) is 2.84. The van der Waals surface area contributed by atoms with Crippen molar-refractivity contribution in [3.8, 4) is 17.0 Å². The zero-order valence-electron chi connectivity index (χ0n) is 15.1. The number of carbonyl (C=O) groups excluding carboxylic acids is 1. The fraction of sp³-hybridized carbons (Fsp3) is 0.0952. The summed E-state index contributed by atoms with van der Waals surface area (Å²) < 4.78 is 20.2. The molecule has 7 heteroatoms. The van der Waals surface area contributed by atoms with Gasteiger partial charge in [-0.15, -0.1) is 0 Å². The largest absolute Gasteiger partial charge is 0.494 e. The molecular weight excluding hydrogens is 359 g/mol. The molecule has 0 radical (unpaired) electrons. The summed E-state index contributed by atoms with van der Waals surface area (Å²) in [6.45, 7) is 2.49. The second kappa shape index (κ2) is 7.48. The van der Waals surface area contributed by atoms with Crippen LogP contribution in [0.1, 0.15) is 17.4 Å². The minimum absolute atomic E-state index is 0.232. The molecule has 0 spiro atoms. The lowest BCUT2D eigenvalue weighted by Gasteiger charge is -2.06. The third-order valence-electron chi connectivity index (χ3n) is 4.15. The second-order valence-electron chi connectivity index (χ2n) is 6.05. The number of hydrogen-bond acceptors (Lipinski definition) is 4. The highest BCUT2D eigenvalue weighted by atomic mass is 19.1. The molecule has 0 bridgehead atoms. The summed E-state index contributed by atoms with van der Waals surface area (Å²) in [6, 6.07) is 16.6. The topological polar surface area (TPSA) is 68.5 Å². The number of carbonyl (C=O) groups is 1. The van der Waals surface area contributed by atoms with Gasteiger partial charge in [0.25, 0.3) is 5.91 Å². The van der Waals surface area contributed by atoms with Crippen LogP contribution in [0.2, 0.25) is 0 Å². The fourth-order valence-corrected chi connectivity index (χ4v) is 2.84. The number of halogens is 1. The van der Waals surface area contributed by atoms with E-state index in [1.165, 1.54) is 12.1 Å². The quantitative estimate of drug-likeness (QED) is 0.567. The molecule has 4 aromatic rings. The van der Waals surface area contributed by atoms with Crippen molar-refractivity contribution in [3.05, 3.63) is 78.4 Å². The average molecular weight is 376 g/mol. The summed E-state index contributed by atoms with van der Waals surface area (Å²) in [7, 11) is 0. The Balaban J connectivity index is 1.61. The van der Waals surface area contributed by atoms with Crippen LogP contribution >= 0.6 is 0 Å². The van der Waals surface area contributed by atoms with Crippen LogP contribution in [-0.2, 0) is 0 Å². The van der Waals surface area contributed by atoms with E-state index in [2.05, 4.69) is 15.4 Å². The molecule has 4 rings (SSSR count). The van der Waals surface area contributed by atoms with Gasteiger partial charge in [-0.2, -0.15) is 5.10 Å². The molecule has 0 unspecified atom stereocenters. The first-order valence-electron chi connectivity index (χ1n) is 8.79. The Hall–Kier alpha value is -3.74. The van der Waals surface area contributed by atoms with Crippen LogP contribution in [-0.4, -0.2) is 27.1 Å². The second-order valence-corrected chi connectivity index (χ2v) is 6.05. The van der Waals surface area contributed by atoms with E-state index in [0.29, 0.717) is 23.6 Å². The van der Waals surface area contributed by atoms with Crippen LogP contribution in [0, 0.1) is 5.82 Å². The summed E-state index contributed by atoms with van der Waals surface area (Å²) in [5, 5.41) is 7.19. The Morgan fingerprint density at radius 2 is 1.86 bits per heavy atom. The Morgan fingerprint density at radius 1 is 1.11 bits per heavy atom. The number of aromatic nitrogens is 3. The summed E-state index contributed by atoms with van der Waals surface area (Å²) in [5.74, 6) is 0.0750. The average Bonchev–Trinajstić information content (AvgIpc) is 3.15. The summed E-state index contributed by atoms with van der Waals surface area (Å²) in [6.07, 6.45) is 1.63. The molecule has 28 heavy (non-hydrogen) atoms. The van der Waals surface area contributed by atoms with Crippen LogP contribution in [0.25, 0.3) is 16.9 Å². The lowest BCUT2D eigenvalue weighted by atomic mass is 10.1. The van der Waals surface area contributed by atoms with Crippen LogP contribution in [0.5, 0.6) is 5.75 Å². The number of nitrogens with zero attached hydrogens (tertiary/aromatic N) is 3. The number of benzene rings is 2. The summed E-state index contributed by atoms with van der Waals surface area (Å²) in [4.78, 5) is 16.8. The molecule has 1 N–H and O–H groups in total. The number of nitrogens with one attached hydrogen (secondary N) is 1. The molecule has 0 saturated heterocycles. The Labute approximate surface area is 160 Å². The van der Waals surface area contributed by atoms with E-state index in [0.717, 1.165) is 11.3 Å². The van der Waals surface area contributed by atoms with Gasteiger partial charge in [0.1, 0.15) is 11.6 Å². The van der Waals surface area contributed by atoms with E-state index in [9.17, 15) is 9.18 Å². The number of ether oxygens (including phenoxy) is 1. The van der Waals surface area contributed by atoms with Crippen molar-refractivity contribution < 1.29 is 13.9 Å². The lowest BCUT2D eigenvalue weighted by Crippen LogP contribution is -2.12. The number of fused-ring (bicyclic) bond motifs is 1. The maximum absolute atomic E-state index is 13.2. The highest BCUT2D eigenvalue weighted by Crippen LogP contribution is 2.21. The van der Waals surface area contributed by atoms with Crippen LogP contribution in [0.3, 0.4) is 0 Å². The molecule has 0 aliphatic carbocycles. The number of amides is 1. The van der Waals surface area contributed by atoms with Crippen molar-refractivity contribution >= 4 is 17.2 Å². The SMILES string of the molecule is CCOc1ccc(NC(=O)c2cc3nccc(-c4ccc(F)cc4)n3n2)cc1. The maximum atomic E-state index is 13.2. The Morgan fingerprint density at radius 3 is 2.57 bits per heavy atom. The highest BCUT2D eigenvalue weighted by molar-refractivity contribution is 6.03. The third-order valence-corrected chi connectivity index (χ3v) is 4.15. The maximum Gasteiger partial charge on any atom is 0.276 e. The Bertz CT molecular complexity index is 1120. The van der Waals surface area contributed by atoms with Gasteiger partial charge in [-0.1, -0.05) is 0 Å². The molecule has 2 aromatic heterocycles. The molecule has 2 aromatic carbocycles. The molecule has 0 atom stereocenters. The van der Waals surface area contributed by atoms with Gasteiger partial charge in [-0.05, 0) is 61.5 Å². The van der Waals surface area contributed by atoms with Crippen LogP contribution in [0.15, 0.2) is 66.9 Å². The molecule has 0 saturated carbocycles. The minimum Gasteiger partial charge on any atom is -0.494 e. The zero-order chi connectivity index (χ0) is 19.5. The number of rotatable bonds is 5. The molecular formula is C21H17FN4O2. The third kappa shape index (κ3) is 3.55. The number of anilines is 1. The minimum atomic E-state index is -0.347. The van der Waals surface area contributed by atoms with Crippen molar-refractivity contribution in [2.24, 2.45) is 0 Å². The zero-order valence-corrected chi connectivity index (χ0v) is 15.1. The van der Waals surface area contributed by atoms with Gasteiger partial charge in [-0.3, -0.25) is 4.79 Å². The first-order valence-corrected chi connectivity index (χ1v) is 8.79. The van der Waals surface area contributed by atoms with Gasteiger partial charge in [0.2, 0.25) is 0 Å². The van der Waals surface area contributed by atoms with Gasteiger partial charge >= 0.3 is 0 Å². The van der Waals surface area contributed by atoms with Crippen LogP contribution in [0.4, 0.5) is 10.1 Å². The normalized spacial score (nSPS) is 10.8. The number of hydrogen-bond donors (Lipinski definition) is 1. The molecule has 0 aliphatic rings.